The summed E-state index contributed by atoms with van der Waals surface area (Å²) in [7, 11) is 0. The van der Waals surface area contributed by atoms with Crippen LogP contribution in [0.5, 0.6) is 0 Å². The minimum absolute atomic E-state index is 0.336. The first-order chi connectivity index (χ1) is 9.99. The second-order valence-electron chi connectivity index (χ2n) is 4.82. The highest BCUT2D eigenvalue weighted by Gasteiger charge is 2.20. The van der Waals surface area contributed by atoms with Gasteiger partial charge in [0.15, 0.2) is 5.65 Å². The van der Waals surface area contributed by atoms with E-state index in [2.05, 4.69) is 9.97 Å². The summed E-state index contributed by atoms with van der Waals surface area (Å²) < 4.78 is 15.9. The van der Waals surface area contributed by atoms with Gasteiger partial charge in [-0.05, 0) is 43.7 Å². The monoisotopic (exact) mass is 323 g/mol. The molecule has 0 radical (unpaired) electrons. The van der Waals surface area contributed by atoms with Crippen LogP contribution in [0.4, 0.5) is 4.39 Å². The summed E-state index contributed by atoms with van der Waals surface area (Å²) in [5.41, 5.74) is 2.60. The van der Waals surface area contributed by atoms with Crippen LogP contribution in [0.1, 0.15) is 23.7 Å². The van der Waals surface area contributed by atoms with E-state index >= 15 is 0 Å². The predicted octanol–water partition coefficient (Wildman–Crippen LogP) is 4.82. The highest BCUT2D eigenvalue weighted by Crippen LogP contribution is 2.30. The topological polar surface area (TPSA) is 30.7 Å². The molecule has 0 bridgehead atoms. The molecule has 1 unspecified atom stereocenters. The first-order valence-electron chi connectivity index (χ1n) is 6.42. The number of nitrogens with zero attached hydrogens (tertiary/aromatic N) is 3. The van der Waals surface area contributed by atoms with Crippen molar-refractivity contribution in [3.05, 3.63) is 52.7 Å². The molecule has 6 heteroatoms. The van der Waals surface area contributed by atoms with E-state index in [1.54, 1.807) is 29.8 Å². The van der Waals surface area contributed by atoms with E-state index in [4.69, 9.17) is 23.2 Å². The minimum Gasteiger partial charge on any atom is -0.276 e. The van der Waals surface area contributed by atoms with Gasteiger partial charge in [0.2, 0.25) is 0 Å². The maximum atomic E-state index is 14.3. The smallest absolute Gasteiger partial charge is 0.165 e. The molecule has 1 aromatic carbocycles. The van der Waals surface area contributed by atoms with Gasteiger partial charge in [-0.3, -0.25) is 4.57 Å². The summed E-state index contributed by atoms with van der Waals surface area (Å²) >= 11 is 12.0. The molecule has 3 nitrogen and oxygen atoms in total. The molecule has 0 saturated heterocycles. The van der Waals surface area contributed by atoms with E-state index in [1.165, 1.54) is 6.07 Å². The fourth-order valence-electron chi connectivity index (χ4n) is 2.28. The highest BCUT2D eigenvalue weighted by atomic mass is 35.5. The number of alkyl halides is 1. The third-order valence-corrected chi connectivity index (χ3v) is 3.71. The molecule has 0 spiro atoms. The zero-order valence-electron chi connectivity index (χ0n) is 11.4. The van der Waals surface area contributed by atoms with Crippen molar-refractivity contribution in [3.63, 3.8) is 0 Å². The first kappa shape index (κ1) is 14.3. The van der Waals surface area contributed by atoms with Gasteiger partial charge in [-0.25, -0.2) is 14.4 Å². The van der Waals surface area contributed by atoms with Gasteiger partial charge in [0.05, 0.1) is 11.1 Å². The number of hydrogen-bond acceptors (Lipinski definition) is 2. The van der Waals surface area contributed by atoms with Gasteiger partial charge in [-0.15, -0.1) is 11.6 Å². The largest absolute Gasteiger partial charge is 0.276 e. The Balaban J connectivity index is 2.39. The van der Waals surface area contributed by atoms with Gasteiger partial charge in [0, 0.05) is 11.2 Å². The average molecular weight is 324 g/mol. The second-order valence-corrected chi connectivity index (χ2v) is 5.91. The number of halogens is 3. The molecular weight excluding hydrogens is 312 g/mol. The van der Waals surface area contributed by atoms with Gasteiger partial charge in [-0.2, -0.15) is 0 Å². The molecule has 0 aliphatic heterocycles. The molecule has 3 aromatic rings. The summed E-state index contributed by atoms with van der Waals surface area (Å²) in [6.45, 7) is 3.73. The van der Waals surface area contributed by atoms with Crippen LogP contribution in [0.3, 0.4) is 0 Å². The molecule has 0 fully saturated rings. The minimum atomic E-state index is -0.441. The summed E-state index contributed by atoms with van der Waals surface area (Å²) in [6.07, 6.45) is 1.67. The van der Waals surface area contributed by atoms with Crippen molar-refractivity contribution >= 4 is 34.4 Å². The van der Waals surface area contributed by atoms with Crippen molar-refractivity contribution in [2.24, 2.45) is 0 Å². The molecule has 0 aliphatic carbocycles. The molecule has 0 aliphatic rings. The Kier molecular flexibility index (Phi) is 3.59. The van der Waals surface area contributed by atoms with Crippen LogP contribution >= 0.6 is 23.2 Å². The van der Waals surface area contributed by atoms with E-state index in [0.29, 0.717) is 27.7 Å². The summed E-state index contributed by atoms with van der Waals surface area (Å²) in [4.78, 5) is 8.85. The zero-order chi connectivity index (χ0) is 15.1. The number of fused-ring (bicyclic) bond motifs is 1. The lowest BCUT2D eigenvalue weighted by Gasteiger charge is -2.11. The molecule has 0 saturated carbocycles. The van der Waals surface area contributed by atoms with E-state index in [9.17, 15) is 4.39 Å². The molecule has 108 valence electrons. The third kappa shape index (κ3) is 2.39. The fraction of sp³-hybridized carbons (Fsp3) is 0.200. The van der Waals surface area contributed by atoms with E-state index in [0.717, 1.165) is 5.56 Å². The summed E-state index contributed by atoms with van der Waals surface area (Å²) in [5.74, 6) is 0.110. The Morgan fingerprint density at radius 1 is 1.29 bits per heavy atom. The molecule has 2 heterocycles. The van der Waals surface area contributed by atoms with Crippen LogP contribution in [0, 0.1) is 12.7 Å². The lowest BCUT2D eigenvalue weighted by molar-refractivity contribution is 0.616. The number of benzene rings is 1. The fourth-order valence-corrected chi connectivity index (χ4v) is 2.58. The van der Waals surface area contributed by atoms with E-state index in [1.807, 2.05) is 13.0 Å². The van der Waals surface area contributed by atoms with Crippen molar-refractivity contribution in [2.75, 3.05) is 0 Å². The maximum Gasteiger partial charge on any atom is 0.165 e. The Labute approximate surface area is 131 Å². The number of imidazole rings is 1. The van der Waals surface area contributed by atoms with Crippen LogP contribution in [0.2, 0.25) is 5.02 Å². The average Bonchev–Trinajstić information content (AvgIpc) is 2.80. The van der Waals surface area contributed by atoms with Crippen LogP contribution in [-0.2, 0) is 0 Å². The number of hydrogen-bond donors (Lipinski definition) is 0. The van der Waals surface area contributed by atoms with Crippen LogP contribution in [0.15, 0.2) is 30.5 Å². The third-order valence-electron chi connectivity index (χ3n) is 3.28. The van der Waals surface area contributed by atoms with Crippen molar-refractivity contribution in [1.82, 2.24) is 14.5 Å². The molecular formula is C15H12Cl2FN3. The summed E-state index contributed by atoms with van der Waals surface area (Å²) in [6, 6.07) is 6.36. The van der Waals surface area contributed by atoms with Crippen LogP contribution in [-0.4, -0.2) is 14.5 Å². The SMILES string of the molecule is Cc1ccnc2c1nc(C(C)Cl)n2-c1ccc(Cl)cc1F. The Hall–Kier alpha value is -1.65. The molecule has 3 rings (SSSR count). The van der Waals surface area contributed by atoms with Crippen molar-refractivity contribution in [1.29, 1.82) is 0 Å². The quantitative estimate of drug-likeness (QED) is 0.633. The lowest BCUT2D eigenvalue weighted by atomic mass is 10.2. The number of aryl methyl sites for hydroxylation is 1. The molecule has 21 heavy (non-hydrogen) atoms. The van der Waals surface area contributed by atoms with E-state index < -0.39 is 5.82 Å². The van der Waals surface area contributed by atoms with Crippen molar-refractivity contribution < 1.29 is 4.39 Å². The molecule has 0 amide bonds. The Morgan fingerprint density at radius 2 is 2.05 bits per heavy atom. The zero-order valence-corrected chi connectivity index (χ0v) is 13.0. The van der Waals surface area contributed by atoms with Gasteiger partial charge < -0.3 is 0 Å². The maximum absolute atomic E-state index is 14.3. The Bertz CT molecular complexity index is 827. The van der Waals surface area contributed by atoms with Gasteiger partial charge in [-0.1, -0.05) is 11.6 Å². The van der Waals surface area contributed by atoms with Crippen molar-refractivity contribution in [3.8, 4) is 5.69 Å². The van der Waals surface area contributed by atoms with Gasteiger partial charge >= 0.3 is 0 Å². The predicted molar refractivity (Wildman–Crippen MR) is 82.8 cm³/mol. The van der Waals surface area contributed by atoms with Crippen molar-refractivity contribution in [2.45, 2.75) is 19.2 Å². The number of rotatable bonds is 2. The van der Waals surface area contributed by atoms with Crippen LogP contribution in [0.25, 0.3) is 16.9 Å². The molecule has 1 atom stereocenters. The first-order valence-corrected chi connectivity index (χ1v) is 7.24. The Morgan fingerprint density at radius 3 is 2.71 bits per heavy atom. The standard InChI is InChI=1S/C15H12Cl2FN3/c1-8-5-6-19-15-13(8)20-14(9(2)16)21(15)12-4-3-10(17)7-11(12)18/h3-7,9H,1-2H3. The second kappa shape index (κ2) is 5.28. The highest BCUT2D eigenvalue weighted by molar-refractivity contribution is 6.30. The normalized spacial score (nSPS) is 12.8. The van der Waals surface area contributed by atoms with Gasteiger partial charge in [0.25, 0.3) is 0 Å². The van der Waals surface area contributed by atoms with Gasteiger partial charge in [0.1, 0.15) is 17.2 Å². The van der Waals surface area contributed by atoms with Crippen LogP contribution < -0.4 is 0 Å². The lowest BCUT2D eigenvalue weighted by Crippen LogP contribution is -2.04. The van der Waals surface area contributed by atoms with E-state index in [-0.39, 0.29) is 5.38 Å². The molecule has 2 aromatic heterocycles. The number of aromatic nitrogens is 3. The number of pyridine rings is 1. The molecule has 0 N–H and O–H groups in total. The summed E-state index contributed by atoms with van der Waals surface area (Å²) in [5, 5.41) is -0.0426.